The van der Waals surface area contributed by atoms with Crippen LogP contribution in [0, 0.1) is 0 Å². The highest BCUT2D eigenvalue weighted by Gasteiger charge is 2.41. The number of carbonyl (C=O) groups is 1. The number of aromatic nitrogens is 2. The second kappa shape index (κ2) is 6.90. The quantitative estimate of drug-likeness (QED) is 0.749. The van der Waals surface area contributed by atoms with Gasteiger partial charge in [0.05, 0.1) is 12.2 Å². The van der Waals surface area contributed by atoms with Gasteiger partial charge in [0.2, 0.25) is 0 Å². The highest BCUT2D eigenvalue weighted by molar-refractivity contribution is 5.68. The van der Waals surface area contributed by atoms with Crippen LogP contribution in [0.2, 0.25) is 0 Å². The fourth-order valence-electron chi connectivity index (χ4n) is 3.42. The number of nitrogens with zero attached hydrogens (tertiary/aromatic N) is 4. The summed E-state index contributed by atoms with van der Waals surface area (Å²) in [7, 11) is 1.65. The molecule has 2 aliphatic rings. The predicted molar refractivity (Wildman–Crippen MR) is 97.4 cm³/mol. The lowest BCUT2D eigenvalue weighted by molar-refractivity contribution is -0.0914. The number of carbonyl (C=O) groups excluding carboxylic acids is 1. The molecule has 0 bridgehead atoms. The Kier molecular flexibility index (Phi) is 4.96. The van der Waals surface area contributed by atoms with E-state index in [2.05, 4.69) is 10.00 Å². The Balaban J connectivity index is 1.64. The number of hydrogen-bond acceptors (Lipinski definition) is 6. The fourth-order valence-corrected chi connectivity index (χ4v) is 3.42. The second-order valence-electron chi connectivity index (χ2n) is 8.07. The van der Waals surface area contributed by atoms with Gasteiger partial charge in [0, 0.05) is 39.3 Å². The van der Waals surface area contributed by atoms with Crippen molar-refractivity contribution in [1.82, 2.24) is 14.7 Å². The van der Waals surface area contributed by atoms with Crippen molar-refractivity contribution in [3.63, 3.8) is 0 Å². The molecular weight excluding hydrogens is 336 g/mol. The third-order valence-electron chi connectivity index (χ3n) is 4.85. The third-order valence-corrected chi connectivity index (χ3v) is 4.85. The molecule has 0 radical (unpaired) electrons. The van der Waals surface area contributed by atoms with Gasteiger partial charge < -0.3 is 19.3 Å². The number of amides is 1. The Morgan fingerprint density at radius 3 is 2.54 bits per heavy atom. The van der Waals surface area contributed by atoms with Crippen LogP contribution in [0.3, 0.4) is 0 Å². The maximum absolute atomic E-state index is 12.3. The molecule has 26 heavy (non-hydrogen) atoms. The van der Waals surface area contributed by atoms with Crippen LogP contribution in [0.5, 0.6) is 0 Å². The maximum atomic E-state index is 12.3. The van der Waals surface area contributed by atoms with Crippen molar-refractivity contribution in [2.45, 2.75) is 44.8 Å². The number of rotatable bonds is 1. The van der Waals surface area contributed by atoms with E-state index in [4.69, 9.17) is 9.47 Å². The molecule has 0 N–H and O–H groups in total. The van der Waals surface area contributed by atoms with Crippen LogP contribution in [-0.4, -0.2) is 64.8 Å². The summed E-state index contributed by atoms with van der Waals surface area (Å²) in [5, 5.41) is 4.35. The lowest BCUT2D eigenvalue weighted by Gasteiger charge is -2.47. The van der Waals surface area contributed by atoms with E-state index in [9.17, 15) is 9.59 Å². The van der Waals surface area contributed by atoms with E-state index in [-0.39, 0.29) is 17.3 Å². The van der Waals surface area contributed by atoms with E-state index >= 15 is 0 Å². The summed E-state index contributed by atoms with van der Waals surface area (Å²) in [6.45, 7) is 8.91. The summed E-state index contributed by atoms with van der Waals surface area (Å²) in [6, 6.07) is 3.30. The zero-order chi connectivity index (χ0) is 18.9. The van der Waals surface area contributed by atoms with E-state index in [1.54, 1.807) is 18.0 Å². The zero-order valence-corrected chi connectivity index (χ0v) is 16.0. The Bertz CT molecular complexity index is 717. The first-order valence-corrected chi connectivity index (χ1v) is 9.09. The molecule has 2 aliphatic heterocycles. The summed E-state index contributed by atoms with van der Waals surface area (Å²) in [5.41, 5.74) is -0.894. The van der Waals surface area contributed by atoms with Crippen molar-refractivity contribution in [3.8, 4) is 0 Å². The molecule has 1 spiro atoms. The smallest absolute Gasteiger partial charge is 0.410 e. The second-order valence-corrected chi connectivity index (χ2v) is 8.07. The van der Waals surface area contributed by atoms with Crippen molar-refractivity contribution in [3.05, 3.63) is 22.5 Å². The molecular formula is C18H28N4O4. The SMILES string of the molecule is Cn1nc(N2CCOC3(CCN(C(=O)OC(C)(C)C)CC3)C2)ccc1=O. The lowest BCUT2D eigenvalue weighted by atomic mass is 9.89. The average Bonchev–Trinajstić information content (AvgIpc) is 2.56. The minimum absolute atomic E-state index is 0.123. The van der Waals surface area contributed by atoms with Crippen LogP contribution in [0.15, 0.2) is 16.9 Å². The molecule has 2 saturated heterocycles. The van der Waals surface area contributed by atoms with Crippen molar-refractivity contribution in [2.24, 2.45) is 7.05 Å². The van der Waals surface area contributed by atoms with E-state index in [1.165, 1.54) is 10.7 Å². The average molecular weight is 364 g/mol. The van der Waals surface area contributed by atoms with Gasteiger partial charge in [-0.2, -0.15) is 5.10 Å². The van der Waals surface area contributed by atoms with Crippen molar-refractivity contribution in [2.75, 3.05) is 37.7 Å². The normalized spacial score (nSPS) is 20.3. The Hall–Kier alpha value is -2.09. The number of aryl methyl sites for hydroxylation is 1. The van der Waals surface area contributed by atoms with Crippen LogP contribution in [-0.2, 0) is 16.5 Å². The van der Waals surface area contributed by atoms with Crippen molar-refractivity contribution < 1.29 is 14.3 Å². The van der Waals surface area contributed by atoms with E-state index in [1.807, 2.05) is 20.8 Å². The van der Waals surface area contributed by atoms with Gasteiger partial charge in [-0.3, -0.25) is 4.79 Å². The first-order chi connectivity index (χ1) is 12.2. The van der Waals surface area contributed by atoms with Gasteiger partial charge in [0.25, 0.3) is 5.56 Å². The topological polar surface area (TPSA) is 76.9 Å². The van der Waals surface area contributed by atoms with Gasteiger partial charge in [-0.25, -0.2) is 9.48 Å². The van der Waals surface area contributed by atoms with Gasteiger partial charge in [0.15, 0.2) is 0 Å². The van der Waals surface area contributed by atoms with Crippen LogP contribution in [0.1, 0.15) is 33.6 Å². The first-order valence-electron chi connectivity index (χ1n) is 9.09. The Morgan fingerprint density at radius 1 is 1.23 bits per heavy atom. The van der Waals surface area contributed by atoms with Crippen LogP contribution < -0.4 is 10.5 Å². The number of morpholine rings is 1. The zero-order valence-electron chi connectivity index (χ0n) is 16.0. The molecule has 0 unspecified atom stereocenters. The molecule has 1 amide bonds. The summed E-state index contributed by atoms with van der Waals surface area (Å²) < 4.78 is 12.9. The highest BCUT2D eigenvalue weighted by atomic mass is 16.6. The predicted octanol–water partition coefficient (Wildman–Crippen LogP) is 1.39. The third kappa shape index (κ3) is 4.17. The monoisotopic (exact) mass is 364 g/mol. The Morgan fingerprint density at radius 2 is 1.92 bits per heavy atom. The van der Waals surface area contributed by atoms with Crippen molar-refractivity contribution in [1.29, 1.82) is 0 Å². The molecule has 8 nitrogen and oxygen atoms in total. The number of hydrogen-bond donors (Lipinski definition) is 0. The van der Waals surface area contributed by atoms with Gasteiger partial charge in [0.1, 0.15) is 11.4 Å². The molecule has 2 fully saturated rings. The van der Waals surface area contributed by atoms with Gasteiger partial charge in [-0.1, -0.05) is 0 Å². The molecule has 1 aromatic rings. The molecule has 3 heterocycles. The molecule has 144 valence electrons. The molecule has 0 atom stereocenters. The van der Waals surface area contributed by atoms with Crippen LogP contribution >= 0.6 is 0 Å². The molecule has 0 aliphatic carbocycles. The summed E-state index contributed by atoms with van der Waals surface area (Å²) in [4.78, 5) is 27.7. The first kappa shape index (κ1) is 18.7. The molecule has 0 saturated carbocycles. The van der Waals surface area contributed by atoms with Gasteiger partial charge in [-0.15, -0.1) is 0 Å². The number of piperidine rings is 1. The maximum Gasteiger partial charge on any atom is 0.410 e. The van der Waals surface area contributed by atoms with E-state index in [0.717, 1.165) is 25.2 Å². The van der Waals surface area contributed by atoms with Crippen LogP contribution in [0.25, 0.3) is 0 Å². The minimum Gasteiger partial charge on any atom is -0.444 e. The summed E-state index contributed by atoms with van der Waals surface area (Å²) in [5.74, 6) is 0.782. The molecule has 8 heteroatoms. The van der Waals surface area contributed by atoms with Gasteiger partial charge >= 0.3 is 6.09 Å². The summed E-state index contributed by atoms with van der Waals surface area (Å²) >= 11 is 0. The van der Waals surface area contributed by atoms with E-state index < -0.39 is 5.60 Å². The molecule has 3 rings (SSSR count). The summed E-state index contributed by atoms with van der Waals surface area (Å²) in [6.07, 6.45) is 1.25. The largest absolute Gasteiger partial charge is 0.444 e. The highest BCUT2D eigenvalue weighted by Crippen LogP contribution is 2.32. The fraction of sp³-hybridized carbons (Fsp3) is 0.722. The van der Waals surface area contributed by atoms with Crippen molar-refractivity contribution >= 4 is 11.9 Å². The van der Waals surface area contributed by atoms with E-state index in [0.29, 0.717) is 26.2 Å². The minimum atomic E-state index is -0.487. The number of likely N-dealkylation sites (tertiary alicyclic amines) is 1. The molecule has 0 aromatic carbocycles. The lowest BCUT2D eigenvalue weighted by Crippen LogP contribution is -2.58. The molecule has 1 aromatic heterocycles. The Labute approximate surface area is 153 Å². The number of anilines is 1. The van der Waals surface area contributed by atoms with Crippen LogP contribution in [0.4, 0.5) is 10.6 Å². The standard InChI is InChI=1S/C18H28N4O4/c1-17(2,3)26-16(24)21-9-7-18(8-10-21)13-22(11-12-25-18)14-5-6-15(23)20(4)19-14/h5-6H,7-13H2,1-4H3. The number of ether oxygens (including phenoxy) is 2. The van der Waals surface area contributed by atoms with Gasteiger partial charge in [-0.05, 0) is 39.7 Å².